The highest BCUT2D eigenvalue weighted by atomic mass is 35.5. The number of nitrogens with one attached hydrogen (secondary N) is 1. The first kappa shape index (κ1) is 28.9. The van der Waals surface area contributed by atoms with Gasteiger partial charge in [0, 0.05) is 55.1 Å². The predicted octanol–water partition coefficient (Wildman–Crippen LogP) is 5.16. The quantitative estimate of drug-likeness (QED) is 0.279. The molecule has 1 aromatic heterocycles. The van der Waals surface area contributed by atoms with Crippen LogP contribution in [-0.4, -0.2) is 77.8 Å². The number of nitrogens with zero attached hydrogens (tertiary/aromatic N) is 3. The predicted molar refractivity (Wildman–Crippen MR) is 149 cm³/mol. The molecule has 216 valence electrons. The first-order valence-electron chi connectivity index (χ1n) is 13.0. The summed E-state index contributed by atoms with van der Waals surface area (Å²) in [6.07, 6.45) is -5.14. The Hall–Kier alpha value is -3.64. The van der Waals surface area contributed by atoms with Gasteiger partial charge in [0.15, 0.2) is 5.58 Å². The molecule has 4 aromatic rings. The monoisotopic (exact) mass is 588 g/mol. The number of aliphatic hydroxyl groups is 1. The summed E-state index contributed by atoms with van der Waals surface area (Å²) in [5.74, 6) is 0.748. The Morgan fingerprint density at radius 3 is 2.39 bits per heavy atom. The van der Waals surface area contributed by atoms with Crippen molar-refractivity contribution in [2.75, 3.05) is 51.2 Å². The van der Waals surface area contributed by atoms with Crippen LogP contribution in [0.4, 0.5) is 18.9 Å². The molecule has 1 aliphatic heterocycles. The summed E-state index contributed by atoms with van der Waals surface area (Å²) in [4.78, 5) is 20.9. The van der Waals surface area contributed by atoms with Gasteiger partial charge in [-0.15, -0.1) is 0 Å². The van der Waals surface area contributed by atoms with Crippen molar-refractivity contribution >= 4 is 34.3 Å². The fourth-order valence-electron chi connectivity index (χ4n) is 4.53. The second kappa shape index (κ2) is 12.5. The number of alkyl halides is 3. The zero-order valence-electron chi connectivity index (χ0n) is 21.9. The van der Waals surface area contributed by atoms with Gasteiger partial charge in [0.25, 0.3) is 0 Å². The fraction of sp³-hybridized carbons (Fsp3) is 0.310. The number of amides is 1. The molecular formula is C29H28ClF3N4O4. The number of oxazole rings is 1. The summed E-state index contributed by atoms with van der Waals surface area (Å²) in [5.41, 5.74) is 1.62. The van der Waals surface area contributed by atoms with Crippen LogP contribution >= 0.6 is 11.6 Å². The lowest BCUT2D eigenvalue weighted by molar-refractivity contribution is -0.137. The van der Waals surface area contributed by atoms with Gasteiger partial charge in [0.05, 0.1) is 12.1 Å². The van der Waals surface area contributed by atoms with Crippen LogP contribution in [0.1, 0.15) is 5.56 Å². The molecule has 3 aromatic carbocycles. The number of ether oxygens (including phenoxy) is 1. The molecule has 0 spiro atoms. The number of aliphatic hydroxyl groups excluding tert-OH is 1. The molecule has 0 saturated carbocycles. The van der Waals surface area contributed by atoms with Gasteiger partial charge < -0.3 is 19.6 Å². The highest BCUT2D eigenvalue weighted by Gasteiger charge is 2.30. The number of rotatable bonds is 9. The van der Waals surface area contributed by atoms with Crippen molar-refractivity contribution in [3.05, 3.63) is 77.3 Å². The number of anilines is 1. The number of hydrogen-bond donors (Lipinski definition) is 2. The van der Waals surface area contributed by atoms with Crippen molar-refractivity contribution in [1.82, 2.24) is 14.8 Å². The number of halogens is 4. The average molecular weight is 589 g/mol. The summed E-state index contributed by atoms with van der Waals surface area (Å²) in [6, 6.07) is 16.9. The van der Waals surface area contributed by atoms with Gasteiger partial charge in [-0.1, -0.05) is 11.6 Å². The lowest BCUT2D eigenvalue weighted by Crippen LogP contribution is -2.50. The van der Waals surface area contributed by atoms with E-state index in [1.54, 1.807) is 30.3 Å². The molecule has 1 atom stereocenters. The maximum atomic E-state index is 12.7. The summed E-state index contributed by atoms with van der Waals surface area (Å²) in [7, 11) is 0. The van der Waals surface area contributed by atoms with Crippen LogP contribution in [0.15, 0.2) is 71.1 Å². The fourth-order valence-corrected chi connectivity index (χ4v) is 4.66. The van der Waals surface area contributed by atoms with Crippen molar-refractivity contribution in [1.29, 1.82) is 0 Å². The molecular weight excluding hydrogens is 561 g/mol. The minimum absolute atomic E-state index is 0.100. The van der Waals surface area contributed by atoms with E-state index in [2.05, 4.69) is 15.2 Å². The molecule has 1 aliphatic rings. The molecule has 2 heterocycles. The van der Waals surface area contributed by atoms with E-state index in [9.17, 15) is 23.1 Å². The Morgan fingerprint density at radius 1 is 1.02 bits per heavy atom. The number of fused-ring (bicyclic) bond motifs is 1. The molecule has 0 radical (unpaired) electrons. The van der Waals surface area contributed by atoms with Gasteiger partial charge in [-0.25, -0.2) is 4.98 Å². The molecule has 1 amide bonds. The van der Waals surface area contributed by atoms with Gasteiger partial charge in [-0.2, -0.15) is 13.2 Å². The van der Waals surface area contributed by atoms with E-state index in [4.69, 9.17) is 20.8 Å². The zero-order chi connectivity index (χ0) is 29.0. The largest absolute Gasteiger partial charge is 0.491 e. The third-order valence-corrected chi connectivity index (χ3v) is 6.94. The number of aromatic nitrogens is 1. The van der Waals surface area contributed by atoms with Crippen LogP contribution in [0, 0.1) is 0 Å². The molecule has 8 nitrogen and oxygen atoms in total. The average Bonchev–Trinajstić information content (AvgIpc) is 3.37. The van der Waals surface area contributed by atoms with Crippen LogP contribution in [0.25, 0.3) is 22.6 Å². The Bertz CT molecular complexity index is 1470. The molecule has 0 bridgehead atoms. The van der Waals surface area contributed by atoms with Crippen LogP contribution in [0.3, 0.4) is 0 Å². The third kappa shape index (κ3) is 7.76. The van der Waals surface area contributed by atoms with E-state index in [1.165, 1.54) is 12.1 Å². The van der Waals surface area contributed by atoms with Crippen molar-refractivity contribution in [2.45, 2.75) is 12.3 Å². The van der Waals surface area contributed by atoms with Crippen LogP contribution in [0.5, 0.6) is 5.75 Å². The normalized spacial score (nSPS) is 15.6. The van der Waals surface area contributed by atoms with E-state index in [1.807, 2.05) is 17.0 Å². The number of benzene rings is 3. The van der Waals surface area contributed by atoms with Gasteiger partial charge >= 0.3 is 6.18 Å². The molecule has 41 heavy (non-hydrogen) atoms. The van der Waals surface area contributed by atoms with Gasteiger partial charge in [0.2, 0.25) is 11.8 Å². The molecule has 1 saturated heterocycles. The smallest absolute Gasteiger partial charge is 0.416 e. The standard InChI is InChI=1S/C29H28ClF3N4O4/c30-21-5-1-19(2-6-21)28-35-25-15-24(9-10-26(25)41-28)40-18-23(38)16-36-11-13-37(14-12-36)17-27(39)34-22-7-3-20(4-8-22)29(31,32)33/h1-10,15,23,38H,11-14,16-18H2,(H,34,39). The number of carbonyl (C=O) groups is 1. The Labute approximate surface area is 239 Å². The topological polar surface area (TPSA) is 91.1 Å². The number of piperazine rings is 1. The second-order valence-corrected chi connectivity index (χ2v) is 10.3. The first-order chi connectivity index (χ1) is 19.6. The maximum Gasteiger partial charge on any atom is 0.416 e. The van der Waals surface area contributed by atoms with Crippen LogP contribution < -0.4 is 10.1 Å². The summed E-state index contributed by atoms with van der Waals surface area (Å²) < 4.78 is 49.7. The molecule has 1 fully saturated rings. The number of β-amino-alcohol motifs (C(OH)–C–C–N with tert-alkyl or cyclic N) is 1. The molecule has 12 heteroatoms. The van der Waals surface area contributed by atoms with E-state index in [0.29, 0.717) is 66.2 Å². The van der Waals surface area contributed by atoms with E-state index < -0.39 is 17.8 Å². The van der Waals surface area contributed by atoms with Crippen LogP contribution in [0.2, 0.25) is 5.02 Å². The van der Waals surface area contributed by atoms with Crippen molar-refractivity contribution in [2.24, 2.45) is 0 Å². The van der Waals surface area contributed by atoms with Gasteiger partial charge in [-0.05, 0) is 60.7 Å². The van der Waals surface area contributed by atoms with Crippen LogP contribution in [-0.2, 0) is 11.0 Å². The minimum atomic E-state index is -4.42. The van der Waals surface area contributed by atoms with Gasteiger partial charge in [-0.3, -0.25) is 14.6 Å². The summed E-state index contributed by atoms with van der Waals surface area (Å²) in [6.45, 7) is 3.19. The summed E-state index contributed by atoms with van der Waals surface area (Å²) >= 11 is 5.95. The maximum absolute atomic E-state index is 12.7. The Morgan fingerprint density at radius 2 is 1.71 bits per heavy atom. The van der Waals surface area contributed by atoms with Crippen molar-refractivity contribution in [3.8, 4) is 17.2 Å². The Balaban J connectivity index is 1.04. The third-order valence-electron chi connectivity index (χ3n) is 6.69. The number of carbonyl (C=O) groups excluding carboxylic acids is 1. The molecule has 1 unspecified atom stereocenters. The molecule has 0 aliphatic carbocycles. The summed E-state index contributed by atoms with van der Waals surface area (Å²) in [5, 5.41) is 13.8. The zero-order valence-corrected chi connectivity index (χ0v) is 22.7. The molecule has 2 N–H and O–H groups in total. The van der Waals surface area contributed by atoms with Crippen molar-refractivity contribution < 1.29 is 32.2 Å². The Kier molecular flexibility index (Phi) is 8.79. The second-order valence-electron chi connectivity index (χ2n) is 9.82. The lowest BCUT2D eigenvalue weighted by Gasteiger charge is -2.35. The highest BCUT2D eigenvalue weighted by molar-refractivity contribution is 6.30. The van der Waals surface area contributed by atoms with E-state index in [0.717, 1.165) is 17.7 Å². The SMILES string of the molecule is O=C(CN1CCN(CC(O)COc2ccc3oc(-c4ccc(Cl)cc4)nc3c2)CC1)Nc1ccc(C(F)(F)F)cc1. The minimum Gasteiger partial charge on any atom is -0.491 e. The number of hydrogen-bond acceptors (Lipinski definition) is 7. The van der Waals surface area contributed by atoms with Crippen molar-refractivity contribution in [3.63, 3.8) is 0 Å². The van der Waals surface area contributed by atoms with E-state index >= 15 is 0 Å². The van der Waals surface area contributed by atoms with E-state index in [-0.39, 0.29) is 19.1 Å². The highest BCUT2D eigenvalue weighted by Crippen LogP contribution is 2.30. The lowest BCUT2D eigenvalue weighted by atomic mass is 10.2. The first-order valence-corrected chi connectivity index (χ1v) is 13.4. The molecule has 5 rings (SSSR count). The van der Waals surface area contributed by atoms with Gasteiger partial charge in [0.1, 0.15) is 24.0 Å².